The van der Waals surface area contributed by atoms with Gasteiger partial charge in [0.25, 0.3) is 0 Å². The molecule has 0 amide bonds. The van der Waals surface area contributed by atoms with E-state index < -0.39 is 0 Å². The summed E-state index contributed by atoms with van der Waals surface area (Å²) in [6, 6.07) is 10.6. The summed E-state index contributed by atoms with van der Waals surface area (Å²) in [4.78, 5) is 2.37. The summed E-state index contributed by atoms with van der Waals surface area (Å²) in [5.41, 5.74) is 1.77. The number of hydrogen-bond acceptors (Lipinski definition) is 1. The molecule has 0 aliphatic heterocycles. The van der Waals surface area contributed by atoms with Crippen LogP contribution in [0.4, 0.5) is 0 Å². The Morgan fingerprint density at radius 1 is 1.07 bits per heavy atom. The van der Waals surface area contributed by atoms with Crippen molar-refractivity contribution in [1.29, 1.82) is 0 Å². The summed E-state index contributed by atoms with van der Waals surface area (Å²) in [5, 5.41) is 0. The van der Waals surface area contributed by atoms with Crippen LogP contribution < -0.4 is 0 Å². The quantitative estimate of drug-likeness (QED) is 0.709. The first-order chi connectivity index (χ1) is 6.47. The van der Waals surface area contributed by atoms with E-state index in [2.05, 4.69) is 63.1 Å². The molecule has 0 atom stereocenters. The molecule has 14 heavy (non-hydrogen) atoms. The fourth-order valence-corrected chi connectivity index (χ4v) is 1.76. The second-order valence-corrected chi connectivity index (χ2v) is 5.22. The number of rotatable bonds is 3. The Morgan fingerprint density at radius 2 is 1.64 bits per heavy atom. The highest BCUT2D eigenvalue weighted by molar-refractivity contribution is 5.14. The molecule has 1 nitrogen and oxygen atoms in total. The number of hydrogen-bond donors (Lipinski definition) is 0. The van der Waals surface area contributed by atoms with Gasteiger partial charge in [0.1, 0.15) is 0 Å². The largest absolute Gasteiger partial charge is 0.302 e. The van der Waals surface area contributed by atoms with Crippen LogP contribution in [0.3, 0.4) is 0 Å². The fraction of sp³-hybridized carbons (Fsp3) is 0.538. The van der Waals surface area contributed by atoms with E-state index in [9.17, 15) is 0 Å². The van der Waals surface area contributed by atoms with Crippen molar-refractivity contribution < 1.29 is 0 Å². The predicted molar refractivity (Wildman–Crippen MR) is 62.2 cm³/mol. The summed E-state index contributed by atoms with van der Waals surface area (Å²) < 4.78 is 0. The van der Waals surface area contributed by atoms with Crippen molar-refractivity contribution in [2.75, 3.05) is 13.6 Å². The third-order valence-corrected chi connectivity index (χ3v) is 2.04. The zero-order chi connectivity index (χ0) is 10.6. The van der Waals surface area contributed by atoms with Gasteiger partial charge in [-0.25, -0.2) is 0 Å². The van der Waals surface area contributed by atoms with Crippen molar-refractivity contribution in [3.8, 4) is 0 Å². The minimum atomic E-state index is 0.379. The zero-order valence-electron chi connectivity index (χ0n) is 9.75. The molecule has 0 spiro atoms. The van der Waals surface area contributed by atoms with Crippen LogP contribution in [0.2, 0.25) is 0 Å². The van der Waals surface area contributed by atoms with Crippen molar-refractivity contribution >= 4 is 0 Å². The summed E-state index contributed by atoms with van der Waals surface area (Å²) in [6.07, 6.45) is 0. The van der Waals surface area contributed by atoms with E-state index in [0.29, 0.717) is 5.41 Å². The van der Waals surface area contributed by atoms with Gasteiger partial charge in [-0.3, -0.25) is 0 Å². The lowest BCUT2D eigenvalue weighted by Gasteiger charge is -2.26. The molecule has 1 heteroatoms. The minimum Gasteiger partial charge on any atom is -0.302 e. The molecule has 0 bridgehead atoms. The Kier molecular flexibility index (Phi) is 3.70. The Morgan fingerprint density at radius 3 is 2.14 bits per heavy atom. The van der Waals surface area contributed by atoms with Crippen LogP contribution in [0.15, 0.2) is 30.3 Å². The molecule has 0 aromatic heterocycles. The van der Waals surface area contributed by atoms with E-state index in [-0.39, 0.29) is 0 Å². The second-order valence-electron chi connectivity index (χ2n) is 5.22. The summed E-state index contributed by atoms with van der Waals surface area (Å²) in [7, 11) is 2.18. The fourth-order valence-electron chi connectivity index (χ4n) is 1.76. The molecule has 0 fully saturated rings. The first kappa shape index (κ1) is 11.3. The van der Waals surface area contributed by atoms with Crippen LogP contribution in [0.1, 0.15) is 26.3 Å². The third-order valence-electron chi connectivity index (χ3n) is 2.04. The van der Waals surface area contributed by atoms with E-state index in [0.717, 1.165) is 13.1 Å². The predicted octanol–water partition coefficient (Wildman–Crippen LogP) is 3.16. The minimum absolute atomic E-state index is 0.379. The summed E-state index contributed by atoms with van der Waals surface area (Å²) >= 11 is 0. The van der Waals surface area contributed by atoms with Crippen LogP contribution in [-0.2, 0) is 6.54 Å². The van der Waals surface area contributed by atoms with Crippen molar-refractivity contribution in [2.24, 2.45) is 5.41 Å². The van der Waals surface area contributed by atoms with Crippen LogP contribution >= 0.6 is 0 Å². The van der Waals surface area contributed by atoms with Crippen LogP contribution in [0.25, 0.3) is 0 Å². The molecule has 1 aromatic carbocycles. The lowest BCUT2D eigenvalue weighted by Crippen LogP contribution is -2.28. The molecule has 0 N–H and O–H groups in total. The van der Waals surface area contributed by atoms with Crippen molar-refractivity contribution in [1.82, 2.24) is 4.90 Å². The van der Waals surface area contributed by atoms with Gasteiger partial charge in [-0.2, -0.15) is 0 Å². The Labute approximate surface area is 87.7 Å². The Hall–Kier alpha value is -0.820. The van der Waals surface area contributed by atoms with Gasteiger partial charge >= 0.3 is 0 Å². The highest BCUT2D eigenvalue weighted by Crippen LogP contribution is 2.15. The van der Waals surface area contributed by atoms with Gasteiger partial charge in [0, 0.05) is 13.1 Å². The molecule has 0 aliphatic rings. The summed E-state index contributed by atoms with van der Waals surface area (Å²) in [6.45, 7) is 8.98. The van der Waals surface area contributed by atoms with Crippen LogP contribution in [-0.4, -0.2) is 18.5 Å². The lowest BCUT2D eigenvalue weighted by atomic mass is 9.96. The van der Waals surface area contributed by atoms with Gasteiger partial charge in [0.15, 0.2) is 0 Å². The maximum absolute atomic E-state index is 2.37. The van der Waals surface area contributed by atoms with Gasteiger partial charge in [0.05, 0.1) is 0 Å². The first-order valence-electron chi connectivity index (χ1n) is 5.20. The normalized spacial score (nSPS) is 12.1. The molecular formula is C13H21N. The average molecular weight is 191 g/mol. The molecule has 0 heterocycles. The van der Waals surface area contributed by atoms with Crippen molar-refractivity contribution in [3.63, 3.8) is 0 Å². The Bertz CT molecular complexity index is 258. The molecule has 0 radical (unpaired) electrons. The molecule has 0 aliphatic carbocycles. The maximum atomic E-state index is 2.37. The second kappa shape index (κ2) is 4.61. The standard InChI is InChI=1S/C13H21N/c1-13(2,3)11-14(4)10-12-8-6-5-7-9-12/h5-9H,10-11H2,1-4H3. The number of nitrogens with zero attached hydrogens (tertiary/aromatic N) is 1. The molecule has 0 saturated carbocycles. The SMILES string of the molecule is CN(Cc1ccccc1)CC(C)(C)C. The van der Waals surface area contributed by atoms with E-state index >= 15 is 0 Å². The lowest BCUT2D eigenvalue weighted by molar-refractivity contribution is 0.221. The molecule has 0 unspecified atom stereocenters. The van der Waals surface area contributed by atoms with E-state index in [4.69, 9.17) is 0 Å². The van der Waals surface area contributed by atoms with Crippen LogP contribution in [0, 0.1) is 5.41 Å². The average Bonchev–Trinajstić information content (AvgIpc) is 2.02. The monoisotopic (exact) mass is 191 g/mol. The van der Waals surface area contributed by atoms with E-state index in [1.807, 2.05) is 0 Å². The molecule has 1 rings (SSSR count). The molecule has 1 aromatic rings. The molecular weight excluding hydrogens is 170 g/mol. The highest BCUT2D eigenvalue weighted by Gasteiger charge is 2.13. The summed E-state index contributed by atoms with van der Waals surface area (Å²) in [5.74, 6) is 0. The van der Waals surface area contributed by atoms with Gasteiger partial charge in [-0.15, -0.1) is 0 Å². The zero-order valence-corrected chi connectivity index (χ0v) is 9.75. The van der Waals surface area contributed by atoms with Gasteiger partial charge < -0.3 is 4.90 Å². The maximum Gasteiger partial charge on any atom is 0.0230 e. The third kappa shape index (κ3) is 4.43. The molecule has 0 saturated heterocycles. The van der Waals surface area contributed by atoms with Gasteiger partial charge in [0.2, 0.25) is 0 Å². The first-order valence-corrected chi connectivity index (χ1v) is 5.20. The Balaban J connectivity index is 2.46. The van der Waals surface area contributed by atoms with Gasteiger partial charge in [-0.1, -0.05) is 51.1 Å². The topological polar surface area (TPSA) is 3.24 Å². The highest BCUT2D eigenvalue weighted by atomic mass is 15.1. The molecule has 78 valence electrons. The van der Waals surface area contributed by atoms with Crippen LogP contribution in [0.5, 0.6) is 0 Å². The van der Waals surface area contributed by atoms with E-state index in [1.54, 1.807) is 0 Å². The number of benzene rings is 1. The van der Waals surface area contributed by atoms with Crippen molar-refractivity contribution in [3.05, 3.63) is 35.9 Å². The van der Waals surface area contributed by atoms with Crippen molar-refractivity contribution in [2.45, 2.75) is 27.3 Å². The van der Waals surface area contributed by atoms with Gasteiger partial charge in [-0.05, 0) is 18.0 Å². The smallest absolute Gasteiger partial charge is 0.0230 e. The van der Waals surface area contributed by atoms with E-state index in [1.165, 1.54) is 5.56 Å².